The fraction of sp³-hybridized carbons (Fsp3) is 0.238. The molecule has 1 fully saturated rings. The fourth-order valence-corrected chi connectivity index (χ4v) is 3.27. The number of nitrogens with zero attached hydrogens (tertiary/aromatic N) is 4. The number of halogens is 3. The minimum Gasteiger partial charge on any atom is -0.358 e. The Bertz CT molecular complexity index is 1050. The molecule has 1 unspecified atom stereocenters. The largest absolute Gasteiger partial charge is 0.433 e. The third-order valence-corrected chi connectivity index (χ3v) is 4.83. The van der Waals surface area contributed by atoms with Crippen molar-refractivity contribution in [3.63, 3.8) is 0 Å². The van der Waals surface area contributed by atoms with Crippen molar-refractivity contribution >= 4 is 17.4 Å². The highest BCUT2D eigenvalue weighted by atomic mass is 19.4. The zero-order chi connectivity index (χ0) is 21.3. The van der Waals surface area contributed by atoms with Crippen molar-refractivity contribution in [3.05, 3.63) is 66.1 Å². The Kier molecular flexibility index (Phi) is 5.11. The first kappa shape index (κ1) is 19.8. The van der Waals surface area contributed by atoms with Crippen molar-refractivity contribution in [2.75, 3.05) is 16.8 Å². The molecule has 1 N–H and O–H groups in total. The van der Waals surface area contributed by atoms with E-state index in [0.29, 0.717) is 18.5 Å². The van der Waals surface area contributed by atoms with E-state index >= 15 is 0 Å². The number of rotatable bonds is 4. The highest BCUT2D eigenvalue weighted by molar-refractivity contribution is 6.00. The molecule has 0 bridgehead atoms. The average Bonchev–Trinajstić information content (AvgIpc) is 3.08. The summed E-state index contributed by atoms with van der Waals surface area (Å²) in [5.74, 6) is -0.347. The normalized spacial score (nSPS) is 16.7. The summed E-state index contributed by atoms with van der Waals surface area (Å²) in [5, 5.41) is 2.87. The van der Waals surface area contributed by atoms with Gasteiger partial charge < -0.3 is 10.2 Å². The lowest BCUT2D eigenvalue weighted by molar-refractivity contribution is -0.141. The second-order valence-corrected chi connectivity index (χ2v) is 7.01. The van der Waals surface area contributed by atoms with Gasteiger partial charge in [-0.1, -0.05) is 17.7 Å². The molecule has 1 atom stereocenters. The van der Waals surface area contributed by atoms with Gasteiger partial charge in [-0.15, -0.1) is 0 Å². The molecule has 0 spiro atoms. The summed E-state index contributed by atoms with van der Waals surface area (Å²) < 4.78 is 40.1. The van der Waals surface area contributed by atoms with Crippen LogP contribution in [0.25, 0.3) is 11.4 Å². The molecule has 2 aromatic heterocycles. The van der Waals surface area contributed by atoms with Crippen LogP contribution >= 0.6 is 0 Å². The summed E-state index contributed by atoms with van der Waals surface area (Å²) in [6.07, 6.45) is -1.30. The monoisotopic (exact) mass is 413 g/mol. The van der Waals surface area contributed by atoms with Crippen LogP contribution in [0.15, 0.2) is 54.9 Å². The van der Waals surface area contributed by atoms with Gasteiger partial charge in [0, 0.05) is 36.3 Å². The maximum absolute atomic E-state index is 13.4. The topological polar surface area (TPSA) is 71.0 Å². The van der Waals surface area contributed by atoms with E-state index in [0.717, 1.165) is 17.3 Å². The molecule has 0 radical (unpaired) electrons. The second-order valence-electron chi connectivity index (χ2n) is 7.01. The number of anilines is 2. The molecule has 30 heavy (non-hydrogen) atoms. The number of aromatic nitrogens is 3. The van der Waals surface area contributed by atoms with Crippen LogP contribution in [-0.4, -0.2) is 33.4 Å². The number of pyridine rings is 1. The molecular formula is C21H18F3N5O. The SMILES string of the molecule is Cc1ccc(N2CCC(Nc3cc(C(F)(F)F)nc(-c4ccncc4)n3)C2=O)cc1. The van der Waals surface area contributed by atoms with Gasteiger partial charge in [0.2, 0.25) is 5.91 Å². The first-order chi connectivity index (χ1) is 14.3. The number of nitrogens with one attached hydrogen (secondary N) is 1. The summed E-state index contributed by atoms with van der Waals surface area (Å²) in [5.41, 5.74) is 1.15. The standard InChI is InChI=1S/C21H18F3N5O/c1-13-2-4-15(5-3-13)29-11-8-16(20(29)30)26-18-12-17(21(22,23)24)27-19(28-18)14-6-9-25-10-7-14/h2-7,9-10,12,16H,8,11H2,1H3,(H,26,27,28). The van der Waals surface area contributed by atoms with Gasteiger partial charge in [0.1, 0.15) is 11.9 Å². The van der Waals surface area contributed by atoms with Crippen LogP contribution < -0.4 is 10.2 Å². The van der Waals surface area contributed by atoms with Crippen molar-refractivity contribution in [2.45, 2.75) is 25.6 Å². The molecule has 1 aromatic carbocycles. The number of alkyl halides is 3. The molecule has 0 aliphatic carbocycles. The number of carbonyl (C=O) groups is 1. The third-order valence-electron chi connectivity index (χ3n) is 4.83. The van der Waals surface area contributed by atoms with Crippen LogP contribution in [0.4, 0.5) is 24.7 Å². The maximum Gasteiger partial charge on any atom is 0.433 e. The molecule has 1 aliphatic rings. The summed E-state index contributed by atoms with van der Waals surface area (Å²) in [6, 6.07) is 10.7. The number of amides is 1. The van der Waals surface area contributed by atoms with Gasteiger partial charge in [0.25, 0.3) is 0 Å². The van der Waals surface area contributed by atoms with Gasteiger partial charge in [0.15, 0.2) is 11.5 Å². The molecular weight excluding hydrogens is 395 g/mol. The van der Waals surface area contributed by atoms with E-state index < -0.39 is 17.9 Å². The minimum absolute atomic E-state index is 0.0479. The molecule has 154 valence electrons. The van der Waals surface area contributed by atoms with E-state index in [-0.39, 0.29) is 17.5 Å². The zero-order valence-corrected chi connectivity index (χ0v) is 16.0. The smallest absolute Gasteiger partial charge is 0.358 e. The van der Waals surface area contributed by atoms with Crippen LogP contribution in [0.1, 0.15) is 17.7 Å². The van der Waals surface area contributed by atoms with Crippen LogP contribution in [0.2, 0.25) is 0 Å². The Labute approximate surface area is 170 Å². The van der Waals surface area contributed by atoms with Crippen molar-refractivity contribution in [1.29, 1.82) is 0 Å². The molecule has 0 saturated carbocycles. The second kappa shape index (κ2) is 7.74. The molecule has 6 nitrogen and oxygen atoms in total. The number of hydrogen-bond acceptors (Lipinski definition) is 5. The van der Waals surface area contributed by atoms with E-state index in [9.17, 15) is 18.0 Å². The Hall–Kier alpha value is -3.49. The van der Waals surface area contributed by atoms with Gasteiger partial charge in [-0.25, -0.2) is 9.97 Å². The molecule has 4 rings (SSSR count). The van der Waals surface area contributed by atoms with Crippen molar-refractivity contribution in [2.24, 2.45) is 0 Å². The molecule has 1 aliphatic heterocycles. The third kappa shape index (κ3) is 4.10. The quantitative estimate of drug-likeness (QED) is 0.698. The van der Waals surface area contributed by atoms with Crippen molar-refractivity contribution < 1.29 is 18.0 Å². The highest BCUT2D eigenvalue weighted by Crippen LogP contribution is 2.31. The summed E-state index contributed by atoms with van der Waals surface area (Å²) in [7, 11) is 0. The van der Waals surface area contributed by atoms with Gasteiger partial charge in [-0.05, 0) is 37.6 Å². The van der Waals surface area contributed by atoms with Crippen LogP contribution in [0, 0.1) is 6.92 Å². The Balaban J connectivity index is 1.61. The van der Waals surface area contributed by atoms with E-state index in [2.05, 4.69) is 20.3 Å². The Morgan fingerprint density at radius 3 is 2.43 bits per heavy atom. The van der Waals surface area contributed by atoms with E-state index in [4.69, 9.17) is 0 Å². The lowest BCUT2D eigenvalue weighted by Gasteiger charge is -2.18. The summed E-state index contributed by atoms with van der Waals surface area (Å²) >= 11 is 0. The molecule has 3 heterocycles. The first-order valence-corrected chi connectivity index (χ1v) is 9.32. The fourth-order valence-electron chi connectivity index (χ4n) is 3.27. The zero-order valence-electron chi connectivity index (χ0n) is 16.0. The lowest BCUT2D eigenvalue weighted by Crippen LogP contribution is -2.33. The van der Waals surface area contributed by atoms with Crippen LogP contribution in [-0.2, 0) is 11.0 Å². The molecule has 3 aromatic rings. The van der Waals surface area contributed by atoms with Crippen molar-refractivity contribution in [3.8, 4) is 11.4 Å². The Morgan fingerprint density at radius 1 is 1.07 bits per heavy atom. The lowest BCUT2D eigenvalue weighted by atomic mass is 10.2. The van der Waals surface area contributed by atoms with Gasteiger partial charge in [0.05, 0.1) is 0 Å². The number of hydrogen-bond donors (Lipinski definition) is 1. The van der Waals surface area contributed by atoms with E-state index in [1.54, 1.807) is 4.90 Å². The average molecular weight is 413 g/mol. The predicted octanol–water partition coefficient (Wildman–Crippen LogP) is 4.08. The Morgan fingerprint density at radius 2 is 1.77 bits per heavy atom. The van der Waals surface area contributed by atoms with Gasteiger partial charge in [-0.2, -0.15) is 13.2 Å². The van der Waals surface area contributed by atoms with Crippen molar-refractivity contribution in [1.82, 2.24) is 15.0 Å². The van der Waals surface area contributed by atoms with Crippen LogP contribution in [0.3, 0.4) is 0 Å². The van der Waals surface area contributed by atoms with Gasteiger partial charge in [-0.3, -0.25) is 9.78 Å². The minimum atomic E-state index is -4.64. The van der Waals surface area contributed by atoms with Gasteiger partial charge >= 0.3 is 6.18 Å². The van der Waals surface area contributed by atoms with E-state index in [1.807, 2.05) is 31.2 Å². The maximum atomic E-state index is 13.4. The number of benzene rings is 1. The predicted molar refractivity (Wildman–Crippen MR) is 106 cm³/mol. The van der Waals surface area contributed by atoms with Crippen LogP contribution in [0.5, 0.6) is 0 Å². The molecule has 1 amide bonds. The number of carbonyl (C=O) groups excluding carboxylic acids is 1. The first-order valence-electron chi connectivity index (χ1n) is 9.32. The summed E-state index contributed by atoms with van der Waals surface area (Å²) in [4.78, 5) is 26.1. The van der Waals surface area contributed by atoms with E-state index in [1.165, 1.54) is 24.5 Å². The molecule has 1 saturated heterocycles. The summed E-state index contributed by atoms with van der Waals surface area (Å²) in [6.45, 7) is 2.42. The highest BCUT2D eigenvalue weighted by Gasteiger charge is 2.36. The number of aryl methyl sites for hydroxylation is 1. The molecule has 9 heteroatoms.